The van der Waals surface area contributed by atoms with E-state index in [0.717, 1.165) is 18.5 Å². The molecule has 0 radical (unpaired) electrons. The van der Waals surface area contributed by atoms with Crippen molar-refractivity contribution in [3.63, 3.8) is 0 Å². The molecule has 1 N–H and O–H groups in total. The molecule has 0 amide bonds. The fraction of sp³-hybridized carbons (Fsp3) is 0.800. The highest BCUT2D eigenvalue weighted by Gasteiger charge is 2.21. The first-order valence-electron chi connectivity index (χ1n) is 4.87. The second kappa shape index (κ2) is 5.90. The summed E-state index contributed by atoms with van der Waals surface area (Å²) in [5, 5.41) is 3.74. The summed E-state index contributed by atoms with van der Waals surface area (Å²) in [6, 6.07) is 0.474. The number of alkyl halides is 1. The van der Waals surface area contributed by atoms with Gasteiger partial charge in [0.15, 0.2) is 0 Å². The molecule has 2 atom stereocenters. The van der Waals surface area contributed by atoms with Crippen LogP contribution in [0.15, 0.2) is 11.1 Å². The minimum absolute atomic E-state index is 0.303. The molecule has 0 saturated heterocycles. The van der Waals surface area contributed by atoms with Gasteiger partial charge in [-0.15, -0.1) is 11.6 Å². The lowest BCUT2D eigenvalue weighted by Crippen LogP contribution is -2.40. The number of halogens is 2. The molecule has 1 fully saturated rings. The van der Waals surface area contributed by atoms with Gasteiger partial charge in [-0.3, -0.25) is 0 Å². The first-order chi connectivity index (χ1) is 6.24. The van der Waals surface area contributed by atoms with E-state index in [1.54, 1.807) is 5.54 Å². The maximum Gasteiger partial charge on any atom is 0.0489 e. The molecular weight excluding hydrogens is 205 g/mol. The van der Waals surface area contributed by atoms with Crippen LogP contribution < -0.4 is 5.32 Å². The van der Waals surface area contributed by atoms with Crippen LogP contribution in [0.25, 0.3) is 0 Å². The molecule has 0 heterocycles. The van der Waals surface area contributed by atoms with Gasteiger partial charge in [0.1, 0.15) is 0 Å². The maximum atomic E-state index is 6.19. The van der Waals surface area contributed by atoms with Gasteiger partial charge in [0.25, 0.3) is 0 Å². The van der Waals surface area contributed by atoms with Crippen molar-refractivity contribution in [1.29, 1.82) is 0 Å². The minimum atomic E-state index is 0.303. The Labute approximate surface area is 90.5 Å². The van der Waals surface area contributed by atoms with Gasteiger partial charge in [-0.25, -0.2) is 0 Å². The largest absolute Gasteiger partial charge is 0.309 e. The topological polar surface area (TPSA) is 12.0 Å². The Bertz CT molecular complexity index is 180. The minimum Gasteiger partial charge on any atom is -0.309 e. The third-order valence-corrected chi connectivity index (χ3v) is 3.41. The second-order valence-electron chi connectivity index (χ2n) is 3.74. The van der Waals surface area contributed by atoms with E-state index >= 15 is 0 Å². The average Bonchev–Trinajstić information content (AvgIpc) is 2.16. The van der Waals surface area contributed by atoms with Crippen LogP contribution in [0.1, 0.15) is 32.6 Å². The number of rotatable bonds is 3. The molecule has 0 aromatic rings. The Balaban J connectivity index is 2.26. The maximum absolute atomic E-state index is 6.19. The summed E-state index contributed by atoms with van der Waals surface area (Å²) >= 11 is 11.8. The fourth-order valence-corrected chi connectivity index (χ4v) is 2.09. The Morgan fingerprint density at radius 2 is 2.15 bits per heavy atom. The molecule has 0 bridgehead atoms. The highest BCUT2D eigenvalue weighted by Crippen LogP contribution is 2.22. The molecule has 13 heavy (non-hydrogen) atoms. The molecule has 0 aromatic carbocycles. The first kappa shape index (κ1) is 11.4. The zero-order valence-corrected chi connectivity index (χ0v) is 9.54. The predicted octanol–water partition coefficient (Wildman–Crippen LogP) is 3.27. The van der Waals surface area contributed by atoms with Gasteiger partial charge < -0.3 is 5.32 Å². The van der Waals surface area contributed by atoms with E-state index in [9.17, 15) is 0 Å². The molecule has 3 heteroatoms. The summed E-state index contributed by atoms with van der Waals surface area (Å²) in [4.78, 5) is 0. The van der Waals surface area contributed by atoms with E-state index in [4.69, 9.17) is 23.2 Å². The van der Waals surface area contributed by atoms with Gasteiger partial charge in [0.05, 0.1) is 0 Å². The Hall–Kier alpha value is 0.280. The summed E-state index contributed by atoms with van der Waals surface area (Å²) < 4.78 is 0. The summed E-state index contributed by atoms with van der Waals surface area (Å²) in [5.74, 6) is 0. The molecule has 1 aliphatic rings. The van der Waals surface area contributed by atoms with Crippen molar-refractivity contribution in [2.75, 3.05) is 6.54 Å². The molecule has 0 aliphatic heterocycles. The lowest BCUT2D eigenvalue weighted by molar-refractivity contribution is 0.389. The summed E-state index contributed by atoms with van der Waals surface area (Å²) in [6.07, 6.45) is 4.91. The summed E-state index contributed by atoms with van der Waals surface area (Å²) in [5.41, 5.74) is 2.79. The Kier molecular flexibility index (Phi) is 5.15. The van der Waals surface area contributed by atoms with E-state index in [2.05, 4.69) is 5.32 Å². The van der Waals surface area contributed by atoms with Crippen molar-refractivity contribution in [2.24, 2.45) is 0 Å². The molecule has 0 spiro atoms. The third kappa shape index (κ3) is 3.88. The van der Waals surface area contributed by atoms with Crippen LogP contribution in [0, 0.1) is 0 Å². The lowest BCUT2D eigenvalue weighted by atomic mass is 9.95. The van der Waals surface area contributed by atoms with Crippen LogP contribution in [0.4, 0.5) is 0 Å². The monoisotopic (exact) mass is 221 g/mol. The van der Waals surface area contributed by atoms with Gasteiger partial charge in [0, 0.05) is 23.5 Å². The summed E-state index contributed by atoms with van der Waals surface area (Å²) in [6.45, 7) is 2.88. The fourth-order valence-electron chi connectivity index (χ4n) is 1.65. The number of hydrogen-bond donors (Lipinski definition) is 1. The summed E-state index contributed by atoms with van der Waals surface area (Å²) in [7, 11) is 0. The lowest BCUT2D eigenvalue weighted by Gasteiger charge is -2.28. The predicted molar refractivity (Wildman–Crippen MR) is 59.5 cm³/mol. The van der Waals surface area contributed by atoms with E-state index in [-0.39, 0.29) is 0 Å². The smallest absolute Gasteiger partial charge is 0.0489 e. The second-order valence-corrected chi connectivity index (χ2v) is 4.52. The molecule has 1 saturated carbocycles. The van der Waals surface area contributed by atoms with Crippen molar-refractivity contribution >= 4 is 23.2 Å². The molecule has 76 valence electrons. The van der Waals surface area contributed by atoms with Crippen LogP contribution in [-0.4, -0.2) is 18.0 Å². The molecule has 1 aliphatic carbocycles. The number of nitrogens with one attached hydrogen (secondary N) is 1. The standard InChI is InChI=1S/C10H17Cl2N/c1-8(6-11)7-13-10-5-3-2-4-9(10)12/h6,9-10,13H,2-5,7H2,1H3/b8-6+. The highest BCUT2D eigenvalue weighted by atomic mass is 35.5. The van der Waals surface area contributed by atoms with Crippen molar-refractivity contribution in [2.45, 2.75) is 44.0 Å². The van der Waals surface area contributed by atoms with Crippen LogP contribution in [-0.2, 0) is 0 Å². The van der Waals surface area contributed by atoms with Gasteiger partial charge in [0.2, 0.25) is 0 Å². The zero-order chi connectivity index (χ0) is 9.68. The van der Waals surface area contributed by atoms with Gasteiger partial charge >= 0.3 is 0 Å². The molecular formula is C10H17Cl2N. The quantitative estimate of drug-likeness (QED) is 0.722. The van der Waals surface area contributed by atoms with Crippen LogP contribution in [0.3, 0.4) is 0 Å². The molecule has 2 unspecified atom stereocenters. The van der Waals surface area contributed by atoms with Crippen molar-refractivity contribution < 1.29 is 0 Å². The Morgan fingerprint density at radius 1 is 1.46 bits per heavy atom. The van der Waals surface area contributed by atoms with Gasteiger partial charge in [-0.1, -0.05) is 24.4 Å². The van der Waals surface area contributed by atoms with E-state index < -0.39 is 0 Å². The zero-order valence-electron chi connectivity index (χ0n) is 8.02. The van der Waals surface area contributed by atoms with Crippen LogP contribution in [0.2, 0.25) is 0 Å². The highest BCUT2D eigenvalue weighted by molar-refractivity contribution is 6.25. The number of hydrogen-bond acceptors (Lipinski definition) is 1. The van der Waals surface area contributed by atoms with Crippen molar-refractivity contribution in [3.05, 3.63) is 11.1 Å². The van der Waals surface area contributed by atoms with E-state index in [0.29, 0.717) is 11.4 Å². The van der Waals surface area contributed by atoms with Crippen molar-refractivity contribution in [3.8, 4) is 0 Å². The molecule has 0 aromatic heterocycles. The van der Waals surface area contributed by atoms with Gasteiger partial charge in [-0.2, -0.15) is 0 Å². The first-order valence-corrected chi connectivity index (χ1v) is 5.74. The van der Waals surface area contributed by atoms with Crippen LogP contribution in [0.5, 0.6) is 0 Å². The van der Waals surface area contributed by atoms with Crippen molar-refractivity contribution in [1.82, 2.24) is 5.32 Å². The van der Waals surface area contributed by atoms with Gasteiger partial charge in [-0.05, 0) is 25.3 Å². The van der Waals surface area contributed by atoms with Crippen LogP contribution >= 0.6 is 23.2 Å². The Morgan fingerprint density at radius 3 is 2.77 bits per heavy atom. The molecule has 1 nitrogen and oxygen atoms in total. The average molecular weight is 222 g/mol. The SMILES string of the molecule is C/C(=C\Cl)CNC1CCCCC1Cl. The normalized spacial score (nSPS) is 30.5. The van der Waals surface area contributed by atoms with E-state index in [1.807, 2.05) is 6.92 Å². The molecule has 1 rings (SSSR count). The van der Waals surface area contributed by atoms with E-state index in [1.165, 1.54) is 19.3 Å². The third-order valence-electron chi connectivity index (χ3n) is 2.51.